The van der Waals surface area contributed by atoms with Crippen molar-refractivity contribution in [3.63, 3.8) is 0 Å². The van der Waals surface area contributed by atoms with E-state index in [0.29, 0.717) is 5.56 Å². The van der Waals surface area contributed by atoms with Crippen molar-refractivity contribution in [2.24, 2.45) is 0 Å². The Balaban J connectivity index is 2.30. The second-order valence-electron chi connectivity index (χ2n) is 4.33. The fourth-order valence-electron chi connectivity index (χ4n) is 2.19. The average molecular weight is 264 g/mol. The van der Waals surface area contributed by atoms with Gasteiger partial charge in [-0.3, -0.25) is 0 Å². The van der Waals surface area contributed by atoms with Gasteiger partial charge in [0.15, 0.2) is 0 Å². The number of carboxylic acid groups (broad SMARTS) is 1. The van der Waals surface area contributed by atoms with Gasteiger partial charge in [-0.2, -0.15) is 5.10 Å². The lowest BCUT2D eigenvalue weighted by molar-refractivity contribution is 0.0696. The number of carboxylic acids is 1. The predicted octanol–water partition coefficient (Wildman–Crippen LogP) is 3.10. The molecule has 1 N–H and O–H groups in total. The largest absolute Gasteiger partial charge is 0.478 e. The van der Waals surface area contributed by atoms with Crippen LogP contribution < -0.4 is 0 Å². The van der Waals surface area contributed by atoms with Gasteiger partial charge in [0.1, 0.15) is 0 Å². The molecular formula is C16H12N2O2. The molecule has 1 aliphatic carbocycles. The van der Waals surface area contributed by atoms with Crippen molar-refractivity contribution in [3.8, 4) is 0 Å². The Morgan fingerprint density at radius 3 is 2.80 bits per heavy atom. The van der Waals surface area contributed by atoms with Gasteiger partial charge in [0.25, 0.3) is 0 Å². The number of hydrogen-bond donors (Lipinski definition) is 1. The molecule has 0 bridgehead atoms. The van der Waals surface area contributed by atoms with Gasteiger partial charge in [-0.05, 0) is 17.7 Å². The number of hydrogen-bond acceptors (Lipinski definition) is 2. The van der Waals surface area contributed by atoms with Gasteiger partial charge in [0, 0.05) is 11.8 Å². The number of rotatable bonds is 2. The summed E-state index contributed by atoms with van der Waals surface area (Å²) in [5.41, 5.74) is 2.49. The van der Waals surface area contributed by atoms with E-state index in [9.17, 15) is 9.90 Å². The third-order valence-electron chi connectivity index (χ3n) is 3.08. The maximum atomic E-state index is 11.5. The van der Waals surface area contributed by atoms with E-state index in [0.717, 1.165) is 11.1 Å². The van der Waals surface area contributed by atoms with Crippen LogP contribution in [0, 0.1) is 0 Å². The van der Waals surface area contributed by atoms with Crippen LogP contribution in [0.15, 0.2) is 67.1 Å². The molecule has 2 aromatic heterocycles. The van der Waals surface area contributed by atoms with Gasteiger partial charge in [-0.15, -0.1) is 0 Å². The van der Waals surface area contributed by atoms with Crippen LogP contribution in [0.5, 0.6) is 0 Å². The maximum absolute atomic E-state index is 11.5. The Morgan fingerprint density at radius 2 is 1.95 bits per heavy atom. The topological polar surface area (TPSA) is 54.6 Å². The molecule has 20 heavy (non-hydrogen) atoms. The minimum Gasteiger partial charge on any atom is -0.478 e. The number of fused-ring (bicyclic) bond motifs is 1. The van der Waals surface area contributed by atoms with Gasteiger partial charge in [0.2, 0.25) is 0 Å². The Hall–Kier alpha value is -2.88. The lowest BCUT2D eigenvalue weighted by atomic mass is 9.99. The molecule has 0 radical (unpaired) electrons. The molecular weight excluding hydrogens is 252 g/mol. The summed E-state index contributed by atoms with van der Waals surface area (Å²) in [5.74, 6) is -0.980. The number of nitrogens with zero attached hydrogens (tertiary/aromatic N) is 2. The number of allylic oxidation sites excluding steroid dienone is 8. The molecule has 0 atom stereocenters. The molecule has 0 saturated carbocycles. The van der Waals surface area contributed by atoms with E-state index in [2.05, 4.69) is 5.10 Å². The maximum Gasteiger partial charge on any atom is 0.338 e. The van der Waals surface area contributed by atoms with Crippen LogP contribution in [0.3, 0.4) is 0 Å². The van der Waals surface area contributed by atoms with E-state index in [-0.39, 0.29) is 5.56 Å². The number of carbonyl (C=O) groups is 1. The van der Waals surface area contributed by atoms with E-state index < -0.39 is 5.97 Å². The van der Waals surface area contributed by atoms with Crippen LogP contribution in [0.2, 0.25) is 0 Å². The van der Waals surface area contributed by atoms with Crippen molar-refractivity contribution in [1.82, 2.24) is 9.61 Å². The highest BCUT2D eigenvalue weighted by molar-refractivity contribution is 5.99. The van der Waals surface area contributed by atoms with Crippen molar-refractivity contribution >= 4 is 17.1 Å². The SMILES string of the molecule is O=C(O)c1cnn2cccc2c1C1=C/C=C\C=C/C=C1. The molecule has 0 aliphatic heterocycles. The Morgan fingerprint density at radius 1 is 1.15 bits per heavy atom. The second-order valence-corrected chi connectivity index (χ2v) is 4.33. The minimum absolute atomic E-state index is 0.199. The first-order valence-electron chi connectivity index (χ1n) is 6.19. The Bertz CT molecular complexity index is 792. The quantitative estimate of drug-likeness (QED) is 0.906. The highest BCUT2D eigenvalue weighted by Crippen LogP contribution is 2.26. The molecule has 2 aromatic rings. The zero-order chi connectivity index (χ0) is 13.9. The van der Waals surface area contributed by atoms with Crippen molar-refractivity contribution in [2.75, 3.05) is 0 Å². The summed E-state index contributed by atoms with van der Waals surface area (Å²) in [4.78, 5) is 11.5. The van der Waals surface area contributed by atoms with Gasteiger partial charge in [-0.25, -0.2) is 9.31 Å². The molecule has 98 valence electrons. The fraction of sp³-hybridized carbons (Fsp3) is 0. The highest BCUT2D eigenvalue weighted by Gasteiger charge is 2.16. The van der Waals surface area contributed by atoms with Crippen LogP contribution in [0.4, 0.5) is 0 Å². The zero-order valence-corrected chi connectivity index (χ0v) is 10.6. The lowest BCUT2D eigenvalue weighted by Gasteiger charge is -2.09. The van der Waals surface area contributed by atoms with Gasteiger partial charge in [0.05, 0.1) is 17.3 Å². The third-order valence-corrected chi connectivity index (χ3v) is 3.08. The van der Waals surface area contributed by atoms with Crippen LogP contribution in [-0.4, -0.2) is 20.7 Å². The lowest BCUT2D eigenvalue weighted by Crippen LogP contribution is -2.06. The summed E-state index contributed by atoms with van der Waals surface area (Å²) in [6.07, 6.45) is 16.5. The van der Waals surface area contributed by atoms with E-state index in [1.54, 1.807) is 10.7 Å². The molecule has 0 amide bonds. The summed E-state index contributed by atoms with van der Waals surface area (Å²) in [7, 11) is 0. The van der Waals surface area contributed by atoms with Crippen molar-refractivity contribution < 1.29 is 9.90 Å². The third kappa shape index (κ3) is 2.07. The molecule has 3 rings (SSSR count). The first kappa shape index (κ1) is 12.2. The highest BCUT2D eigenvalue weighted by atomic mass is 16.4. The molecule has 2 heterocycles. The molecule has 0 spiro atoms. The Labute approximate surface area is 115 Å². The summed E-state index contributed by atoms with van der Waals surface area (Å²) in [6.45, 7) is 0. The molecule has 4 nitrogen and oxygen atoms in total. The minimum atomic E-state index is -0.980. The molecule has 0 unspecified atom stereocenters. The monoisotopic (exact) mass is 264 g/mol. The van der Waals surface area contributed by atoms with E-state index in [1.807, 2.05) is 54.7 Å². The number of aromatic nitrogens is 2. The van der Waals surface area contributed by atoms with Crippen molar-refractivity contribution in [1.29, 1.82) is 0 Å². The summed E-state index contributed by atoms with van der Waals surface area (Å²) >= 11 is 0. The number of aromatic carboxylic acids is 1. The molecule has 0 saturated heterocycles. The first-order chi connectivity index (χ1) is 9.77. The van der Waals surface area contributed by atoms with Crippen molar-refractivity contribution in [2.45, 2.75) is 0 Å². The second kappa shape index (κ2) is 5.01. The van der Waals surface area contributed by atoms with Crippen LogP contribution in [0.25, 0.3) is 11.1 Å². The van der Waals surface area contributed by atoms with Gasteiger partial charge in [-0.1, -0.05) is 42.5 Å². The van der Waals surface area contributed by atoms with Crippen LogP contribution in [0.1, 0.15) is 15.9 Å². The molecule has 4 heteroatoms. The van der Waals surface area contributed by atoms with Gasteiger partial charge >= 0.3 is 5.97 Å². The van der Waals surface area contributed by atoms with E-state index in [4.69, 9.17) is 0 Å². The predicted molar refractivity (Wildman–Crippen MR) is 77.5 cm³/mol. The standard InChI is InChI=1S/C16H12N2O2/c19-16(20)13-11-17-18-10-6-9-14(18)15(13)12-7-4-2-1-3-5-8-12/h1-11H,(H,19,20)/b2-1-,3-1?,4-2?,5-3-,7-4?,8-5?,12-7?,12-8?. The average Bonchev–Trinajstić information content (AvgIpc) is 2.85. The summed E-state index contributed by atoms with van der Waals surface area (Å²) in [6, 6.07) is 3.71. The fourth-order valence-corrected chi connectivity index (χ4v) is 2.19. The molecule has 0 aromatic carbocycles. The summed E-state index contributed by atoms with van der Waals surface area (Å²) in [5, 5.41) is 13.5. The molecule has 0 fully saturated rings. The zero-order valence-electron chi connectivity index (χ0n) is 10.6. The van der Waals surface area contributed by atoms with E-state index in [1.165, 1.54) is 6.20 Å². The van der Waals surface area contributed by atoms with Crippen LogP contribution >= 0.6 is 0 Å². The summed E-state index contributed by atoms with van der Waals surface area (Å²) < 4.78 is 1.68. The normalized spacial score (nSPS) is 17.3. The van der Waals surface area contributed by atoms with Crippen LogP contribution in [-0.2, 0) is 0 Å². The van der Waals surface area contributed by atoms with E-state index >= 15 is 0 Å². The van der Waals surface area contributed by atoms with Crippen molar-refractivity contribution in [3.05, 3.63) is 78.2 Å². The molecule has 1 aliphatic rings. The first-order valence-corrected chi connectivity index (χ1v) is 6.19. The van der Waals surface area contributed by atoms with Gasteiger partial charge < -0.3 is 5.11 Å². The smallest absolute Gasteiger partial charge is 0.338 e. The Kier molecular flexibility index (Phi) is 3.05.